The summed E-state index contributed by atoms with van der Waals surface area (Å²) in [4.78, 5) is 13.0. The minimum Gasteiger partial charge on any atom is -0.492 e. The second kappa shape index (κ2) is 8.55. The summed E-state index contributed by atoms with van der Waals surface area (Å²) in [5, 5.41) is 8.81. The molecule has 1 aromatic carbocycles. The third-order valence-corrected chi connectivity index (χ3v) is 3.24. The molecule has 1 rings (SSSR count). The zero-order valence-corrected chi connectivity index (χ0v) is 12.2. The Morgan fingerprint density at radius 1 is 1.40 bits per heavy atom. The topological polar surface area (TPSA) is 75.8 Å². The van der Waals surface area contributed by atoms with Crippen LogP contribution in [0.25, 0.3) is 0 Å². The Balaban J connectivity index is 2.49. The van der Waals surface area contributed by atoms with Crippen molar-refractivity contribution in [2.75, 3.05) is 26.2 Å². The molecule has 0 aliphatic rings. The molecule has 0 saturated carbocycles. The van der Waals surface area contributed by atoms with Crippen molar-refractivity contribution >= 4 is 5.97 Å². The lowest BCUT2D eigenvalue weighted by atomic mass is 10.1. The van der Waals surface area contributed by atoms with E-state index in [1.165, 1.54) is 0 Å². The fraction of sp³-hybridized carbons (Fsp3) is 0.533. The summed E-state index contributed by atoms with van der Waals surface area (Å²) < 4.78 is 5.69. The van der Waals surface area contributed by atoms with Crippen molar-refractivity contribution in [3.05, 3.63) is 29.8 Å². The van der Waals surface area contributed by atoms with Crippen molar-refractivity contribution in [2.24, 2.45) is 5.73 Å². The minimum atomic E-state index is -0.988. The van der Waals surface area contributed by atoms with Crippen LogP contribution in [-0.2, 0) is 11.2 Å². The first-order valence-electron chi connectivity index (χ1n) is 6.99. The van der Waals surface area contributed by atoms with Crippen LogP contribution in [0.3, 0.4) is 0 Å². The van der Waals surface area contributed by atoms with Crippen LogP contribution in [0, 0.1) is 0 Å². The summed E-state index contributed by atoms with van der Waals surface area (Å²) in [6, 6.07) is 6.57. The third kappa shape index (κ3) is 5.59. The maximum atomic E-state index is 10.7. The summed E-state index contributed by atoms with van der Waals surface area (Å²) >= 11 is 0. The molecule has 0 aliphatic carbocycles. The number of likely N-dealkylation sites (N-methyl/N-ethyl adjacent to an activating group) is 1. The number of carboxylic acids is 1. The van der Waals surface area contributed by atoms with E-state index < -0.39 is 12.0 Å². The first-order chi connectivity index (χ1) is 9.56. The molecule has 3 N–H and O–H groups in total. The van der Waals surface area contributed by atoms with E-state index in [2.05, 4.69) is 18.7 Å². The van der Waals surface area contributed by atoms with Crippen LogP contribution in [0.1, 0.15) is 19.4 Å². The van der Waals surface area contributed by atoms with Crippen molar-refractivity contribution in [3.63, 3.8) is 0 Å². The van der Waals surface area contributed by atoms with Gasteiger partial charge in [0.05, 0.1) is 0 Å². The standard InChI is InChI=1S/C15H24N2O3/c1-3-17(4-2)8-9-20-13-7-5-6-12(10-13)11-14(16)15(18)19/h5-7,10,14H,3-4,8-9,11,16H2,1-2H3,(H,18,19). The molecule has 0 bridgehead atoms. The van der Waals surface area contributed by atoms with Gasteiger partial charge in [0.1, 0.15) is 18.4 Å². The van der Waals surface area contributed by atoms with Gasteiger partial charge in [-0.2, -0.15) is 0 Å². The SMILES string of the molecule is CCN(CC)CCOc1cccc(CC(N)C(=O)O)c1. The summed E-state index contributed by atoms with van der Waals surface area (Å²) in [5.41, 5.74) is 6.40. The molecule has 0 heterocycles. The number of carboxylic acid groups (broad SMARTS) is 1. The molecule has 0 amide bonds. The lowest BCUT2D eigenvalue weighted by molar-refractivity contribution is -0.138. The molecular formula is C15H24N2O3. The fourth-order valence-electron chi connectivity index (χ4n) is 1.94. The molecule has 0 spiro atoms. The fourth-order valence-corrected chi connectivity index (χ4v) is 1.94. The molecule has 1 atom stereocenters. The Morgan fingerprint density at radius 2 is 2.10 bits per heavy atom. The van der Waals surface area contributed by atoms with Crippen LogP contribution >= 0.6 is 0 Å². The van der Waals surface area contributed by atoms with Crippen molar-refractivity contribution < 1.29 is 14.6 Å². The molecule has 1 aromatic rings. The average molecular weight is 280 g/mol. The predicted octanol–water partition coefficient (Wildman–Crippen LogP) is 1.36. The van der Waals surface area contributed by atoms with E-state index >= 15 is 0 Å². The zero-order valence-electron chi connectivity index (χ0n) is 12.2. The summed E-state index contributed by atoms with van der Waals surface area (Å²) in [6.07, 6.45) is 0.308. The van der Waals surface area contributed by atoms with Gasteiger partial charge in [0, 0.05) is 6.54 Å². The highest BCUT2D eigenvalue weighted by Gasteiger charge is 2.12. The van der Waals surface area contributed by atoms with E-state index in [1.807, 2.05) is 24.3 Å². The maximum Gasteiger partial charge on any atom is 0.320 e. The Kier molecular flexibility index (Phi) is 7.04. The van der Waals surface area contributed by atoms with Gasteiger partial charge in [0.2, 0.25) is 0 Å². The van der Waals surface area contributed by atoms with Gasteiger partial charge in [0.25, 0.3) is 0 Å². The number of nitrogens with two attached hydrogens (primary N) is 1. The minimum absolute atomic E-state index is 0.308. The smallest absolute Gasteiger partial charge is 0.320 e. The van der Waals surface area contributed by atoms with Gasteiger partial charge in [-0.15, -0.1) is 0 Å². The van der Waals surface area contributed by atoms with E-state index in [9.17, 15) is 4.79 Å². The van der Waals surface area contributed by atoms with Crippen molar-refractivity contribution in [1.82, 2.24) is 4.90 Å². The van der Waals surface area contributed by atoms with E-state index in [0.717, 1.165) is 30.9 Å². The molecule has 0 aliphatic heterocycles. The molecule has 0 aromatic heterocycles. The molecule has 0 radical (unpaired) electrons. The molecule has 20 heavy (non-hydrogen) atoms. The van der Waals surface area contributed by atoms with Crippen LogP contribution in [-0.4, -0.2) is 48.3 Å². The van der Waals surface area contributed by atoms with Crippen molar-refractivity contribution in [2.45, 2.75) is 26.3 Å². The number of rotatable bonds is 9. The molecule has 5 nitrogen and oxygen atoms in total. The first kappa shape index (κ1) is 16.5. The van der Waals surface area contributed by atoms with Gasteiger partial charge in [-0.1, -0.05) is 26.0 Å². The Morgan fingerprint density at radius 3 is 2.70 bits per heavy atom. The van der Waals surface area contributed by atoms with E-state index in [4.69, 9.17) is 15.6 Å². The Bertz CT molecular complexity index is 419. The number of nitrogens with zero attached hydrogens (tertiary/aromatic N) is 1. The molecule has 5 heteroatoms. The predicted molar refractivity (Wildman–Crippen MR) is 79.0 cm³/mol. The van der Waals surface area contributed by atoms with Crippen molar-refractivity contribution in [3.8, 4) is 5.75 Å². The van der Waals surface area contributed by atoms with Crippen LogP contribution in [0.15, 0.2) is 24.3 Å². The number of benzene rings is 1. The van der Waals surface area contributed by atoms with Crippen molar-refractivity contribution in [1.29, 1.82) is 0 Å². The molecular weight excluding hydrogens is 256 g/mol. The third-order valence-electron chi connectivity index (χ3n) is 3.24. The molecule has 0 fully saturated rings. The number of hydrogen-bond donors (Lipinski definition) is 2. The van der Waals surface area contributed by atoms with Gasteiger partial charge in [0.15, 0.2) is 0 Å². The second-order valence-electron chi connectivity index (χ2n) is 4.67. The van der Waals surface area contributed by atoms with Gasteiger partial charge < -0.3 is 20.5 Å². The maximum absolute atomic E-state index is 10.7. The van der Waals surface area contributed by atoms with Crippen LogP contribution in [0.2, 0.25) is 0 Å². The number of hydrogen-bond acceptors (Lipinski definition) is 4. The van der Waals surface area contributed by atoms with Crippen LogP contribution < -0.4 is 10.5 Å². The lowest BCUT2D eigenvalue weighted by Gasteiger charge is -2.18. The molecule has 1 unspecified atom stereocenters. The monoisotopic (exact) mass is 280 g/mol. The van der Waals surface area contributed by atoms with E-state index in [1.54, 1.807) is 0 Å². The van der Waals surface area contributed by atoms with E-state index in [-0.39, 0.29) is 0 Å². The largest absolute Gasteiger partial charge is 0.492 e. The molecule has 0 saturated heterocycles. The number of carbonyl (C=O) groups is 1. The Labute approximate surface area is 120 Å². The highest BCUT2D eigenvalue weighted by molar-refractivity contribution is 5.73. The molecule has 112 valence electrons. The number of aliphatic carboxylic acids is 1. The second-order valence-corrected chi connectivity index (χ2v) is 4.67. The van der Waals surface area contributed by atoms with Crippen LogP contribution in [0.5, 0.6) is 5.75 Å². The summed E-state index contributed by atoms with van der Waals surface area (Å²) in [5.74, 6) is -0.231. The first-order valence-corrected chi connectivity index (χ1v) is 6.99. The zero-order chi connectivity index (χ0) is 15.0. The van der Waals surface area contributed by atoms with Gasteiger partial charge in [-0.05, 0) is 37.2 Å². The normalized spacial score (nSPS) is 12.4. The lowest BCUT2D eigenvalue weighted by Crippen LogP contribution is -2.32. The van der Waals surface area contributed by atoms with Crippen LogP contribution in [0.4, 0.5) is 0 Å². The van der Waals surface area contributed by atoms with Gasteiger partial charge in [-0.25, -0.2) is 0 Å². The Hall–Kier alpha value is -1.59. The number of ether oxygens (including phenoxy) is 1. The summed E-state index contributed by atoms with van der Waals surface area (Å²) in [7, 11) is 0. The van der Waals surface area contributed by atoms with E-state index in [0.29, 0.717) is 13.0 Å². The highest BCUT2D eigenvalue weighted by Crippen LogP contribution is 2.14. The highest BCUT2D eigenvalue weighted by atomic mass is 16.5. The average Bonchev–Trinajstić information content (AvgIpc) is 2.44. The van der Waals surface area contributed by atoms with Gasteiger partial charge >= 0.3 is 5.97 Å². The quantitative estimate of drug-likeness (QED) is 0.714. The van der Waals surface area contributed by atoms with Gasteiger partial charge in [-0.3, -0.25) is 4.79 Å². The summed E-state index contributed by atoms with van der Waals surface area (Å²) in [6.45, 7) is 7.76.